The number of hydrogen-bond donors (Lipinski definition) is 0. The fraction of sp³-hybridized carbons (Fsp3) is 0. The zero-order valence-electron chi connectivity index (χ0n) is 13.7. The van der Waals surface area contributed by atoms with Gasteiger partial charge in [-0.2, -0.15) is 0 Å². The van der Waals surface area contributed by atoms with Crippen molar-refractivity contribution in [1.82, 2.24) is 0 Å². The second-order valence-corrected chi connectivity index (χ2v) is 6.74. The van der Waals surface area contributed by atoms with Crippen molar-refractivity contribution in [3.05, 3.63) is 117 Å². The van der Waals surface area contributed by atoms with Crippen LogP contribution in [0.1, 0.15) is 27.0 Å². The first-order valence-electron chi connectivity index (χ1n) is 8.23. The van der Waals surface area contributed by atoms with E-state index in [1.165, 1.54) is 0 Å². The molecule has 0 heterocycles. The lowest BCUT2D eigenvalue weighted by atomic mass is 9.84. The smallest absolute Gasteiger partial charge is 0.206 e. The van der Waals surface area contributed by atoms with Gasteiger partial charge < -0.3 is 0 Å². The quantitative estimate of drug-likeness (QED) is 0.496. The highest BCUT2D eigenvalue weighted by molar-refractivity contribution is 6.55. The number of carbonyl (C=O) groups is 1. The van der Waals surface area contributed by atoms with Gasteiger partial charge in [0, 0.05) is 11.1 Å². The number of ketones is 1. The highest BCUT2D eigenvalue weighted by Gasteiger charge is 2.30. The highest BCUT2D eigenvalue weighted by Crippen LogP contribution is 2.45. The molecule has 3 aromatic rings. The zero-order chi connectivity index (χ0) is 18.1. The number of fused-ring (bicyclic) bond motifs is 1. The van der Waals surface area contributed by atoms with Gasteiger partial charge in [0.25, 0.3) is 0 Å². The van der Waals surface area contributed by atoms with E-state index >= 15 is 0 Å². The lowest BCUT2D eigenvalue weighted by molar-refractivity contribution is 0.104. The van der Waals surface area contributed by atoms with E-state index in [-0.39, 0.29) is 15.8 Å². The molecule has 1 nitrogen and oxygen atoms in total. The van der Waals surface area contributed by atoms with E-state index in [4.69, 9.17) is 23.2 Å². The minimum absolute atomic E-state index is 0.0599. The van der Waals surface area contributed by atoms with Crippen molar-refractivity contribution in [3.63, 3.8) is 0 Å². The molecule has 0 radical (unpaired) electrons. The van der Waals surface area contributed by atoms with Gasteiger partial charge in [-0.3, -0.25) is 4.79 Å². The molecule has 0 saturated heterocycles. The molecule has 126 valence electrons. The Hall–Kier alpha value is -2.61. The van der Waals surface area contributed by atoms with Crippen molar-refractivity contribution in [2.75, 3.05) is 0 Å². The van der Waals surface area contributed by atoms with Gasteiger partial charge in [-0.15, -0.1) is 0 Å². The topological polar surface area (TPSA) is 17.1 Å². The Kier molecular flexibility index (Phi) is 4.50. The van der Waals surface area contributed by atoms with E-state index in [2.05, 4.69) is 0 Å². The molecular formula is C23H14Cl2O. The monoisotopic (exact) mass is 376 g/mol. The van der Waals surface area contributed by atoms with Crippen LogP contribution in [0.15, 0.2) is 95.0 Å². The van der Waals surface area contributed by atoms with Crippen molar-refractivity contribution in [2.45, 2.75) is 0 Å². The summed E-state index contributed by atoms with van der Waals surface area (Å²) in [5.41, 5.74) is 5.13. The zero-order valence-corrected chi connectivity index (χ0v) is 15.3. The van der Waals surface area contributed by atoms with Gasteiger partial charge in [0.1, 0.15) is 5.03 Å². The molecule has 4 rings (SSSR count). The van der Waals surface area contributed by atoms with Gasteiger partial charge in [-0.1, -0.05) is 108 Å². The number of hydrogen-bond acceptors (Lipinski definition) is 1. The van der Waals surface area contributed by atoms with Crippen molar-refractivity contribution >= 4 is 40.1 Å². The summed E-state index contributed by atoms with van der Waals surface area (Å²) >= 11 is 12.9. The predicted octanol–water partition coefficient (Wildman–Crippen LogP) is 6.53. The molecule has 1 aliphatic rings. The summed E-state index contributed by atoms with van der Waals surface area (Å²) in [5.74, 6) is -0.239. The molecule has 0 amide bonds. The maximum atomic E-state index is 12.6. The molecule has 0 fully saturated rings. The standard InChI is InChI=1S/C23H14Cl2O/c24-21-20(17-13-7-8-14-18(17)23(26)22(21)25)19(15-9-3-1-4-10-15)16-11-5-2-6-12-16/h1-14H. The first kappa shape index (κ1) is 16.8. The fourth-order valence-corrected chi connectivity index (χ4v) is 3.73. The predicted molar refractivity (Wildman–Crippen MR) is 108 cm³/mol. The molecule has 0 bridgehead atoms. The average Bonchev–Trinajstić information content (AvgIpc) is 2.71. The van der Waals surface area contributed by atoms with Gasteiger partial charge in [0.15, 0.2) is 0 Å². The summed E-state index contributed by atoms with van der Waals surface area (Å²) in [6.45, 7) is 0. The van der Waals surface area contributed by atoms with Gasteiger partial charge in [0.2, 0.25) is 5.78 Å². The highest BCUT2D eigenvalue weighted by atomic mass is 35.5. The maximum Gasteiger partial charge on any atom is 0.206 e. The summed E-state index contributed by atoms with van der Waals surface area (Å²) in [6, 6.07) is 27.5. The maximum absolute atomic E-state index is 12.6. The normalized spacial score (nSPS) is 13.6. The molecular weight excluding hydrogens is 363 g/mol. The van der Waals surface area contributed by atoms with E-state index in [9.17, 15) is 4.79 Å². The second kappa shape index (κ2) is 6.95. The molecule has 0 saturated carbocycles. The third kappa shape index (κ3) is 2.80. The van der Waals surface area contributed by atoms with Gasteiger partial charge in [-0.05, 0) is 22.3 Å². The van der Waals surface area contributed by atoms with Crippen LogP contribution in [0, 0.1) is 0 Å². The summed E-state index contributed by atoms with van der Waals surface area (Å²) < 4.78 is 0. The van der Waals surface area contributed by atoms with E-state index in [1.54, 1.807) is 6.07 Å². The van der Waals surface area contributed by atoms with Gasteiger partial charge in [0.05, 0.1) is 5.03 Å². The van der Waals surface area contributed by atoms with Crippen LogP contribution in [-0.4, -0.2) is 5.78 Å². The van der Waals surface area contributed by atoms with E-state index in [0.717, 1.165) is 27.8 Å². The minimum Gasteiger partial charge on any atom is -0.288 e. The fourth-order valence-electron chi connectivity index (χ4n) is 3.25. The summed E-state index contributed by atoms with van der Waals surface area (Å²) in [5, 5.41) is 0.350. The number of rotatable bonds is 2. The summed E-state index contributed by atoms with van der Waals surface area (Å²) in [6.07, 6.45) is 0. The molecule has 0 aliphatic heterocycles. The van der Waals surface area contributed by atoms with E-state index in [0.29, 0.717) is 5.56 Å². The third-order valence-electron chi connectivity index (χ3n) is 4.43. The number of halogens is 2. The van der Waals surface area contributed by atoms with Crippen LogP contribution in [-0.2, 0) is 0 Å². The second-order valence-electron chi connectivity index (χ2n) is 5.98. The Balaban J connectivity index is 2.14. The summed E-state index contributed by atoms with van der Waals surface area (Å²) in [4.78, 5) is 12.6. The van der Waals surface area contributed by atoms with Crippen LogP contribution >= 0.6 is 23.2 Å². The first-order valence-corrected chi connectivity index (χ1v) is 8.99. The van der Waals surface area contributed by atoms with Crippen molar-refractivity contribution in [1.29, 1.82) is 0 Å². The van der Waals surface area contributed by atoms with Gasteiger partial charge in [-0.25, -0.2) is 0 Å². The molecule has 3 aromatic carbocycles. The Morgan fingerprint density at radius 1 is 0.577 bits per heavy atom. The molecule has 0 spiro atoms. The van der Waals surface area contributed by atoms with Crippen molar-refractivity contribution < 1.29 is 4.79 Å². The first-order chi connectivity index (χ1) is 12.7. The minimum atomic E-state index is -0.239. The van der Waals surface area contributed by atoms with Crippen LogP contribution in [0.3, 0.4) is 0 Å². The van der Waals surface area contributed by atoms with Crippen LogP contribution < -0.4 is 0 Å². The Morgan fingerprint density at radius 2 is 1.04 bits per heavy atom. The van der Waals surface area contributed by atoms with E-state index < -0.39 is 0 Å². The lowest BCUT2D eigenvalue weighted by Gasteiger charge is -2.23. The largest absolute Gasteiger partial charge is 0.288 e. The number of carbonyl (C=O) groups excluding carboxylic acids is 1. The molecule has 26 heavy (non-hydrogen) atoms. The van der Waals surface area contributed by atoms with Crippen molar-refractivity contribution in [3.8, 4) is 0 Å². The Labute approximate surface area is 162 Å². The molecule has 0 unspecified atom stereocenters. The Bertz CT molecular complexity index is 1010. The SMILES string of the molecule is O=C1C(Cl)=C(Cl)C(=C(c2ccccc2)c2ccccc2)c2ccccc21. The Morgan fingerprint density at radius 3 is 1.58 bits per heavy atom. The third-order valence-corrected chi connectivity index (χ3v) is 5.26. The average molecular weight is 377 g/mol. The number of Topliss-reactive ketones (excluding diaryl/α,β-unsaturated/α-hetero) is 1. The number of allylic oxidation sites excluding steroid dienone is 3. The van der Waals surface area contributed by atoms with Crippen LogP contribution in [0.2, 0.25) is 0 Å². The number of benzene rings is 3. The molecule has 3 heteroatoms. The lowest BCUT2D eigenvalue weighted by Crippen LogP contribution is -2.12. The van der Waals surface area contributed by atoms with Crippen LogP contribution in [0.5, 0.6) is 0 Å². The van der Waals surface area contributed by atoms with Crippen LogP contribution in [0.25, 0.3) is 11.1 Å². The van der Waals surface area contributed by atoms with E-state index in [1.807, 2.05) is 78.9 Å². The molecule has 1 aliphatic carbocycles. The van der Waals surface area contributed by atoms with Gasteiger partial charge >= 0.3 is 0 Å². The molecule has 0 atom stereocenters. The molecule has 0 aromatic heterocycles. The van der Waals surface area contributed by atoms with Crippen LogP contribution in [0.4, 0.5) is 0 Å². The molecule has 0 N–H and O–H groups in total. The van der Waals surface area contributed by atoms with Crippen molar-refractivity contribution in [2.24, 2.45) is 0 Å². The summed E-state index contributed by atoms with van der Waals surface area (Å²) in [7, 11) is 0.